The molecule has 0 unspecified atom stereocenters. The standard InChI is InChI=1S/C4H11NOS/c1-5(7)3-4-6-2/h7H,3-4H2,1-2H3. The van der Waals surface area contributed by atoms with E-state index in [0.717, 1.165) is 13.2 Å². The minimum atomic E-state index is 0.750. The second kappa shape index (κ2) is 4.43. The van der Waals surface area contributed by atoms with Gasteiger partial charge in [-0.15, -0.1) is 0 Å². The maximum Gasteiger partial charge on any atom is 0.0598 e. The third-order valence-corrected chi connectivity index (χ3v) is 0.819. The molecule has 0 aromatic rings. The van der Waals surface area contributed by atoms with Gasteiger partial charge in [0.25, 0.3) is 0 Å². The second-order valence-corrected chi connectivity index (χ2v) is 2.06. The van der Waals surface area contributed by atoms with Gasteiger partial charge < -0.3 is 4.74 Å². The van der Waals surface area contributed by atoms with E-state index in [4.69, 9.17) is 4.74 Å². The summed E-state index contributed by atoms with van der Waals surface area (Å²) in [4.78, 5) is 0. The smallest absolute Gasteiger partial charge is 0.0598 e. The van der Waals surface area contributed by atoms with Crippen LogP contribution >= 0.6 is 12.8 Å². The fraction of sp³-hybridized carbons (Fsp3) is 1.00. The van der Waals surface area contributed by atoms with Gasteiger partial charge in [0.2, 0.25) is 0 Å². The molecule has 3 heteroatoms. The van der Waals surface area contributed by atoms with Crippen LogP contribution in [0.25, 0.3) is 0 Å². The summed E-state index contributed by atoms with van der Waals surface area (Å²) in [7, 11) is 3.57. The van der Waals surface area contributed by atoms with Crippen molar-refractivity contribution < 1.29 is 4.74 Å². The summed E-state index contributed by atoms with van der Waals surface area (Å²) in [6.45, 7) is 1.62. The molecule has 0 bridgehead atoms. The molecule has 0 saturated heterocycles. The van der Waals surface area contributed by atoms with Gasteiger partial charge in [0.15, 0.2) is 0 Å². The first-order valence-corrected chi connectivity index (χ1v) is 2.56. The highest BCUT2D eigenvalue weighted by molar-refractivity contribution is 7.77. The van der Waals surface area contributed by atoms with Crippen molar-refractivity contribution in [1.82, 2.24) is 4.31 Å². The summed E-state index contributed by atoms with van der Waals surface area (Å²) in [5.74, 6) is 0. The molecule has 2 nitrogen and oxygen atoms in total. The number of methoxy groups -OCH3 is 1. The number of thiol groups is 1. The average Bonchev–Trinajstić information content (AvgIpc) is 1.61. The Hall–Kier alpha value is 0.270. The SMILES string of the molecule is COCCN(C)S. The number of rotatable bonds is 3. The first kappa shape index (κ1) is 7.27. The Bertz CT molecular complexity index is 40.7. The van der Waals surface area contributed by atoms with E-state index >= 15 is 0 Å². The Morgan fingerprint density at radius 1 is 1.71 bits per heavy atom. The van der Waals surface area contributed by atoms with Crippen molar-refractivity contribution in [2.24, 2.45) is 0 Å². The molecule has 0 N–H and O–H groups in total. The van der Waals surface area contributed by atoms with E-state index in [9.17, 15) is 0 Å². The first-order chi connectivity index (χ1) is 3.27. The van der Waals surface area contributed by atoms with E-state index in [0.29, 0.717) is 0 Å². The minimum Gasteiger partial charge on any atom is -0.383 e. The molecule has 0 heterocycles. The Balaban J connectivity index is 2.68. The van der Waals surface area contributed by atoms with Gasteiger partial charge in [-0.3, -0.25) is 4.31 Å². The first-order valence-electron chi connectivity index (χ1n) is 2.16. The molecule has 0 atom stereocenters. The quantitative estimate of drug-likeness (QED) is 0.543. The summed E-state index contributed by atoms with van der Waals surface area (Å²) in [5.41, 5.74) is 0. The van der Waals surface area contributed by atoms with Gasteiger partial charge in [-0.05, 0) is 7.05 Å². The molecule has 0 aliphatic heterocycles. The number of hydrogen-bond donors (Lipinski definition) is 1. The van der Waals surface area contributed by atoms with E-state index in [1.807, 2.05) is 7.05 Å². The lowest BCUT2D eigenvalue weighted by Gasteiger charge is -2.04. The summed E-state index contributed by atoms with van der Waals surface area (Å²) < 4.78 is 6.54. The predicted molar refractivity (Wildman–Crippen MR) is 33.5 cm³/mol. The summed E-state index contributed by atoms with van der Waals surface area (Å²) in [6, 6.07) is 0. The van der Waals surface area contributed by atoms with Crippen LogP contribution < -0.4 is 0 Å². The highest BCUT2D eigenvalue weighted by atomic mass is 32.1. The zero-order chi connectivity index (χ0) is 5.70. The molecule has 7 heavy (non-hydrogen) atoms. The third kappa shape index (κ3) is 6.27. The van der Waals surface area contributed by atoms with Crippen molar-refractivity contribution in [1.29, 1.82) is 0 Å². The molecule has 0 rings (SSSR count). The van der Waals surface area contributed by atoms with E-state index < -0.39 is 0 Å². The van der Waals surface area contributed by atoms with Gasteiger partial charge >= 0.3 is 0 Å². The van der Waals surface area contributed by atoms with Crippen LogP contribution in [0.5, 0.6) is 0 Å². The van der Waals surface area contributed by atoms with E-state index in [2.05, 4.69) is 12.8 Å². The number of ether oxygens (including phenoxy) is 1. The molecule has 0 saturated carbocycles. The molecule has 0 amide bonds. The largest absolute Gasteiger partial charge is 0.383 e. The van der Waals surface area contributed by atoms with Crippen LogP contribution in [0.3, 0.4) is 0 Å². The molecule has 0 aromatic carbocycles. The zero-order valence-corrected chi connectivity index (χ0v) is 5.61. The Morgan fingerprint density at radius 2 is 2.29 bits per heavy atom. The Morgan fingerprint density at radius 3 is 2.43 bits per heavy atom. The lowest BCUT2D eigenvalue weighted by molar-refractivity contribution is 0.188. The topological polar surface area (TPSA) is 12.5 Å². The molecular formula is C4H11NOS. The van der Waals surface area contributed by atoms with Gasteiger partial charge in [-0.25, -0.2) is 0 Å². The van der Waals surface area contributed by atoms with E-state index in [1.54, 1.807) is 11.4 Å². The van der Waals surface area contributed by atoms with Gasteiger partial charge in [0, 0.05) is 13.7 Å². The Labute approximate surface area is 50.0 Å². The highest BCUT2D eigenvalue weighted by Crippen LogP contribution is 1.82. The van der Waals surface area contributed by atoms with Crippen molar-refractivity contribution >= 4 is 12.8 Å². The van der Waals surface area contributed by atoms with Crippen molar-refractivity contribution in [3.05, 3.63) is 0 Å². The molecule has 0 fully saturated rings. The monoisotopic (exact) mass is 121 g/mol. The lowest BCUT2D eigenvalue weighted by Crippen LogP contribution is -2.11. The van der Waals surface area contributed by atoms with Gasteiger partial charge in [-0.1, -0.05) is 12.8 Å². The molecule has 0 aliphatic rings. The van der Waals surface area contributed by atoms with Gasteiger partial charge in [0.05, 0.1) is 6.61 Å². The van der Waals surface area contributed by atoms with Crippen LogP contribution in [0.2, 0.25) is 0 Å². The Kier molecular flexibility index (Phi) is 4.60. The number of hydrogen-bond acceptors (Lipinski definition) is 3. The van der Waals surface area contributed by atoms with Crippen molar-refractivity contribution in [3.8, 4) is 0 Å². The molecule has 0 aliphatic carbocycles. The molecular weight excluding hydrogens is 110 g/mol. The second-order valence-electron chi connectivity index (χ2n) is 1.37. The summed E-state index contributed by atoms with van der Waals surface area (Å²) in [5, 5.41) is 0. The van der Waals surface area contributed by atoms with Crippen LogP contribution in [-0.4, -0.2) is 31.6 Å². The normalized spacial score (nSPS) is 10.3. The average molecular weight is 121 g/mol. The maximum absolute atomic E-state index is 4.76. The molecule has 0 aromatic heterocycles. The van der Waals surface area contributed by atoms with Crippen LogP contribution in [-0.2, 0) is 4.74 Å². The van der Waals surface area contributed by atoms with Crippen LogP contribution in [0.15, 0.2) is 0 Å². The van der Waals surface area contributed by atoms with E-state index in [1.165, 1.54) is 0 Å². The molecule has 0 spiro atoms. The maximum atomic E-state index is 4.76. The van der Waals surface area contributed by atoms with Crippen LogP contribution in [0, 0.1) is 0 Å². The summed E-state index contributed by atoms with van der Waals surface area (Å²) >= 11 is 3.99. The fourth-order valence-corrected chi connectivity index (χ4v) is 0.305. The lowest BCUT2D eigenvalue weighted by atomic mass is 10.7. The van der Waals surface area contributed by atoms with Crippen molar-refractivity contribution in [2.75, 3.05) is 27.3 Å². The predicted octanol–water partition coefficient (Wildman–Crippen LogP) is 0.409. The van der Waals surface area contributed by atoms with Gasteiger partial charge in [0.1, 0.15) is 0 Å². The van der Waals surface area contributed by atoms with E-state index in [-0.39, 0.29) is 0 Å². The van der Waals surface area contributed by atoms with Gasteiger partial charge in [-0.2, -0.15) is 0 Å². The third-order valence-electron chi connectivity index (χ3n) is 0.619. The molecule has 0 radical (unpaired) electrons. The zero-order valence-electron chi connectivity index (χ0n) is 4.72. The van der Waals surface area contributed by atoms with Crippen LogP contribution in [0.1, 0.15) is 0 Å². The highest BCUT2D eigenvalue weighted by Gasteiger charge is 1.84. The van der Waals surface area contributed by atoms with Crippen molar-refractivity contribution in [3.63, 3.8) is 0 Å². The summed E-state index contributed by atoms with van der Waals surface area (Å²) in [6.07, 6.45) is 0. The minimum absolute atomic E-state index is 0.750. The van der Waals surface area contributed by atoms with Crippen LogP contribution in [0.4, 0.5) is 0 Å². The van der Waals surface area contributed by atoms with Crippen molar-refractivity contribution in [2.45, 2.75) is 0 Å². The number of likely N-dealkylation sites (N-methyl/N-ethyl adjacent to an activating group) is 1. The number of nitrogens with zero attached hydrogens (tertiary/aromatic N) is 1. The fourth-order valence-electron chi connectivity index (χ4n) is 0.223. The molecule has 44 valence electrons.